The standard InChI is InChI=1S/C12H14N2O2/c1-3-8-11(15)14-9-6-4-5-7(2)10(9)12(16)13-8/h4-6,8H,3H2,1-2H3,(H,13,16)(H,14,15)/t8-/m0/s1. The largest absolute Gasteiger partial charge is 0.340 e. The number of rotatable bonds is 1. The minimum Gasteiger partial charge on any atom is -0.340 e. The minimum absolute atomic E-state index is 0.153. The second kappa shape index (κ2) is 3.96. The maximum atomic E-state index is 11.9. The number of aryl methyl sites for hydroxylation is 1. The molecule has 1 aliphatic heterocycles. The zero-order valence-corrected chi connectivity index (χ0v) is 9.33. The lowest BCUT2D eigenvalue weighted by Gasteiger charge is -2.10. The predicted octanol–water partition coefficient (Wildman–Crippen LogP) is 1.46. The first-order valence-corrected chi connectivity index (χ1v) is 5.34. The van der Waals surface area contributed by atoms with Gasteiger partial charge >= 0.3 is 0 Å². The molecule has 16 heavy (non-hydrogen) atoms. The van der Waals surface area contributed by atoms with E-state index in [-0.39, 0.29) is 11.8 Å². The molecule has 0 unspecified atom stereocenters. The Kier molecular flexibility index (Phi) is 2.64. The van der Waals surface area contributed by atoms with Crippen molar-refractivity contribution >= 4 is 17.5 Å². The number of hydrogen-bond acceptors (Lipinski definition) is 2. The molecule has 0 aromatic heterocycles. The third-order valence-corrected chi connectivity index (χ3v) is 2.79. The average molecular weight is 218 g/mol. The van der Waals surface area contributed by atoms with E-state index in [0.717, 1.165) is 5.56 Å². The van der Waals surface area contributed by atoms with E-state index in [0.29, 0.717) is 17.7 Å². The van der Waals surface area contributed by atoms with Crippen LogP contribution in [0.15, 0.2) is 18.2 Å². The Bertz CT molecular complexity index is 454. The van der Waals surface area contributed by atoms with Crippen LogP contribution in [0.3, 0.4) is 0 Å². The van der Waals surface area contributed by atoms with E-state index < -0.39 is 6.04 Å². The molecule has 0 aliphatic carbocycles. The van der Waals surface area contributed by atoms with E-state index in [1.54, 1.807) is 6.07 Å². The van der Waals surface area contributed by atoms with Crippen LogP contribution in [0.5, 0.6) is 0 Å². The number of nitrogens with one attached hydrogen (secondary N) is 2. The number of carbonyl (C=O) groups is 2. The van der Waals surface area contributed by atoms with E-state index >= 15 is 0 Å². The maximum absolute atomic E-state index is 11.9. The fourth-order valence-electron chi connectivity index (χ4n) is 1.88. The first-order chi connectivity index (χ1) is 7.63. The van der Waals surface area contributed by atoms with Crippen LogP contribution in [-0.4, -0.2) is 17.9 Å². The Morgan fingerprint density at radius 1 is 1.31 bits per heavy atom. The summed E-state index contributed by atoms with van der Waals surface area (Å²) in [7, 11) is 0. The van der Waals surface area contributed by atoms with Crippen molar-refractivity contribution < 1.29 is 9.59 Å². The van der Waals surface area contributed by atoms with Gasteiger partial charge in [-0.1, -0.05) is 19.1 Å². The van der Waals surface area contributed by atoms with E-state index in [2.05, 4.69) is 10.6 Å². The number of fused-ring (bicyclic) bond motifs is 1. The van der Waals surface area contributed by atoms with Crippen LogP contribution in [0.25, 0.3) is 0 Å². The zero-order chi connectivity index (χ0) is 11.7. The summed E-state index contributed by atoms with van der Waals surface area (Å²) in [6.45, 7) is 3.73. The van der Waals surface area contributed by atoms with Gasteiger partial charge in [0.1, 0.15) is 6.04 Å². The second-order valence-electron chi connectivity index (χ2n) is 3.92. The van der Waals surface area contributed by atoms with Crippen molar-refractivity contribution in [2.45, 2.75) is 26.3 Å². The summed E-state index contributed by atoms with van der Waals surface area (Å²) in [6.07, 6.45) is 0.588. The molecular formula is C12H14N2O2. The summed E-state index contributed by atoms with van der Waals surface area (Å²) in [5, 5.41) is 5.50. The van der Waals surface area contributed by atoms with Gasteiger partial charge in [-0.15, -0.1) is 0 Å². The Morgan fingerprint density at radius 2 is 2.06 bits per heavy atom. The summed E-state index contributed by atoms with van der Waals surface area (Å²) in [5.41, 5.74) is 2.03. The molecule has 2 rings (SSSR count). The number of anilines is 1. The molecule has 2 amide bonds. The van der Waals surface area contributed by atoms with E-state index in [1.165, 1.54) is 0 Å². The molecule has 0 saturated heterocycles. The molecule has 1 aliphatic rings. The Morgan fingerprint density at radius 3 is 2.75 bits per heavy atom. The molecule has 84 valence electrons. The molecule has 0 radical (unpaired) electrons. The molecule has 0 saturated carbocycles. The van der Waals surface area contributed by atoms with Crippen molar-refractivity contribution in [2.24, 2.45) is 0 Å². The van der Waals surface area contributed by atoms with Crippen molar-refractivity contribution in [1.29, 1.82) is 0 Å². The number of benzene rings is 1. The van der Waals surface area contributed by atoms with E-state index in [9.17, 15) is 9.59 Å². The monoisotopic (exact) mass is 218 g/mol. The molecule has 0 fully saturated rings. The summed E-state index contributed by atoms with van der Waals surface area (Å²) >= 11 is 0. The molecule has 2 N–H and O–H groups in total. The molecular weight excluding hydrogens is 204 g/mol. The SMILES string of the molecule is CC[C@@H]1NC(=O)c2c(C)cccc2NC1=O. The van der Waals surface area contributed by atoms with Gasteiger partial charge in [-0.25, -0.2) is 0 Å². The maximum Gasteiger partial charge on any atom is 0.254 e. The van der Waals surface area contributed by atoms with Crippen LogP contribution in [0.4, 0.5) is 5.69 Å². The van der Waals surface area contributed by atoms with Gasteiger partial charge in [-0.3, -0.25) is 9.59 Å². The van der Waals surface area contributed by atoms with Crippen LogP contribution in [0, 0.1) is 6.92 Å². The Balaban J connectivity index is 2.49. The van der Waals surface area contributed by atoms with Crippen molar-refractivity contribution in [1.82, 2.24) is 5.32 Å². The quantitative estimate of drug-likeness (QED) is 0.749. The van der Waals surface area contributed by atoms with Crippen LogP contribution in [-0.2, 0) is 4.79 Å². The lowest BCUT2D eigenvalue weighted by molar-refractivity contribution is -0.117. The third kappa shape index (κ3) is 1.66. The van der Waals surface area contributed by atoms with E-state index in [1.807, 2.05) is 26.0 Å². The summed E-state index contributed by atoms with van der Waals surface area (Å²) in [4.78, 5) is 23.7. The van der Waals surface area contributed by atoms with Crippen molar-refractivity contribution in [3.05, 3.63) is 29.3 Å². The molecule has 4 heteroatoms. The van der Waals surface area contributed by atoms with Gasteiger partial charge in [0, 0.05) is 0 Å². The molecule has 0 bridgehead atoms. The summed E-state index contributed by atoms with van der Waals surface area (Å²) < 4.78 is 0. The normalized spacial score (nSPS) is 19.5. The Hall–Kier alpha value is -1.84. The van der Waals surface area contributed by atoms with Crippen LogP contribution >= 0.6 is 0 Å². The summed E-state index contributed by atoms with van der Waals surface area (Å²) in [6, 6.07) is 4.99. The smallest absolute Gasteiger partial charge is 0.254 e. The highest BCUT2D eigenvalue weighted by molar-refractivity contribution is 6.10. The molecule has 1 aromatic carbocycles. The van der Waals surface area contributed by atoms with Gasteiger partial charge in [0.05, 0.1) is 11.3 Å². The molecule has 1 aromatic rings. The second-order valence-corrected chi connectivity index (χ2v) is 3.92. The van der Waals surface area contributed by atoms with Gasteiger partial charge in [-0.05, 0) is 25.0 Å². The highest BCUT2D eigenvalue weighted by Gasteiger charge is 2.27. The van der Waals surface area contributed by atoms with Crippen LogP contribution < -0.4 is 10.6 Å². The van der Waals surface area contributed by atoms with Crippen LogP contribution in [0.1, 0.15) is 29.3 Å². The lowest BCUT2D eigenvalue weighted by atomic mass is 10.1. The van der Waals surface area contributed by atoms with E-state index in [4.69, 9.17) is 0 Å². The fraction of sp³-hybridized carbons (Fsp3) is 0.333. The Labute approximate surface area is 94.0 Å². The van der Waals surface area contributed by atoms with Crippen molar-refractivity contribution in [3.8, 4) is 0 Å². The molecule has 0 spiro atoms. The first-order valence-electron chi connectivity index (χ1n) is 5.34. The summed E-state index contributed by atoms with van der Waals surface area (Å²) in [5.74, 6) is -0.335. The first kappa shape index (κ1) is 10.7. The van der Waals surface area contributed by atoms with Crippen molar-refractivity contribution in [3.63, 3.8) is 0 Å². The molecule has 1 heterocycles. The highest BCUT2D eigenvalue weighted by Crippen LogP contribution is 2.22. The molecule has 1 atom stereocenters. The average Bonchev–Trinajstić information content (AvgIpc) is 2.36. The highest BCUT2D eigenvalue weighted by atomic mass is 16.2. The number of amides is 2. The fourth-order valence-corrected chi connectivity index (χ4v) is 1.88. The third-order valence-electron chi connectivity index (χ3n) is 2.79. The van der Waals surface area contributed by atoms with Gasteiger partial charge in [0.25, 0.3) is 5.91 Å². The lowest BCUT2D eigenvalue weighted by Crippen LogP contribution is -2.40. The van der Waals surface area contributed by atoms with Crippen LogP contribution in [0.2, 0.25) is 0 Å². The van der Waals surface area contributed by atoms with Gasteiger partial charge in [0.15, 0.2) is 0 Å². The van der Waals surface area contributed by atoms with Gasteiger partial charge in [0.2, 0.25) is 5.91 Å². The van der Waals surface area contributed by atoms with Gasteiger partial charge < -0.3 is 10.6 Å². The predicted molar refractivity (Wildman–Crippen MR) is 61.4 cm³/mol. The number of hydrogen-bond donors (Lipinski definition) is 2. The minimum atomic E-state index is -0.445. The van der Waals surface area contributed by atoms with Gasteiger partial charge in [-0.2, -0.15) is 0 Å². The van der Waals surface area contributed by atoms with Crippen molar-refractivity contribution in [2.75, 3.05) is 5.32 Å². The molecule has 4 nitrogen and oxygen atoms in total. The number of carbonyl (C=O) groups excluding carboxylic acids is 2. The topological polar surface area (TPSA) is 58.2 Å². The zero-order valence-electron chi connectivity index (χ0n) is 9.33.